The van der Waals surface area contributed by atoms with Crippen LogP contribution in [0.1, 0.15) is 21.9 Å². The summed E-state index contributed by atoms with van der Waals surface area (Å²) in [5.41, 5.74) is 1.70. The minimum Gasteiger partial charge on any atom is -0.359 e. The van der Waals surface area contributed by atoms with E-state index in [9.17, 15) is 4.79 Å². The summed E-state index contributed by atoms with van der Waals surface area (Å²) in [4.78, 5) is 17.7. The fourth-order valence-electron chi connectivity index (χ4n) is 2.15. The van der Waals surface area contributed by atoms with Crippen molar-refractivity contribution in [3.05, 3.63) is 43.1 Å². The molecule has 0 radical (unpaired) electrons. The predicted molar refractivity (Wildman–Crippen MR) is 81.1 cm³/mol. The fourth-order valence-corrected chi connectivity index (χ4v) is 3.52. The van der Waals surface area contributed by atoms with Crippen molar-refractivity contribution in [3.8, 4) is 0 Å². The summed E-state index contributed by atoms with van der Waals surface area (Å²) >= 11 is 6.83. The molecule has 5 nitrogen and oxygen atoms in total. The van der Waals surface area contributed by atoms with Crippen LogP contribution >= 0.6 is 23.6 Å². The van der Waals surface area contributed by atoms with Crippen LogP contribution < -0.4 is 5.56 Å². The zero-order valence-electron chi connectivity index (χ0n) is 11.3. The third-order valence-electron chi connectivity index (χ3n) is 3.30. The first-order valence-corrected chi connectivity index (χ1v) is 7.35. The Hall–Kier alpha value is -1.73. The molecule has 0 amide bonds. The lowest BCUT2D eigenvalue weighted by atomic mass is 10.2. The van der Waals surface area contributed by atoms with Crippen molar-refractivity contribution in [3.63, 3.8) is 0 Å². The maximum Gasteiger partial charge on any atom is 0.263 e. The third kappa shape index (κ3) is 2.03. The number of thiophene rings is 1. The Kier molecular flexibility index (Phi) is 3.10. The summed E-state index contributed by atoms with van der Waals surface area (Å²) in [6.45, 7) is 6.08. The predicted octanol–water partition coefficient (Wildman–Crippen LogP) is 3.08. The molecule has 1 N–H and O–H groups in total. The monoisotopic (exact) mass is 307 g/mol. The van der Waals surface area contributed by atoms with Gasteiger partial charge in [0.05, 0.1) is 17.6 Å². The molecule has 0 saturated carbocycles. The Morgan fingerprint density at radius 3 is 2.85 bits per heavy atom. The largest absolute Gasteiger partial charge is 0.359 e. The maximum absolute atomic E-state index is 12.6. The van der Waals surface area contributed by atoms with Crippen molar-refractivity contribution in [2.24, 2.45) is 0 Å². The minimum absolute atomic E-state index is 0.0837. The van der Waals surface area contributed by atoms with Crippen LogP contribution in [-0.4, -0.2) is 14.7 Å². The Bertz CT molecular complexity index is 914. The number of nitrogens with zero attached hydrogens (tertiary/aromatic N) is 2. The molecule has 0 saturated heterocycles. The standard InChI is InChI=1S/C13H13N3O2S2/c1-6-4-9(18-15-6)5-16-12(17)10-7(2)8(3)20-11(10)14-13(16)19/h4H,5H2,1-3H3,(H,14,19). The first-order valence-electron chi connectivity index (χ1n) is 6.12. The Balaban J connectivity index is 2.23. The van der Waals surface area contributed by atoms with Gasteiger partial charge in [0.2, 0.25) is 0 Å². The van der Waals surface area contributed by atoms with Crippen LogP contribution in [0.5, 0.6) is 0 Å². The average Bonchev–Trinajstić information content (AvgIpc) is 2.90. The van der Waals surface area contributed by atoms with E-state index < -0.39 is 0 Å². The average molecular weight is 307 g/mol. The molecule has 0 bridgehead atoms. The van der Waals surface area contributed by atoms with Gasteiger partial charge in [-0.15, -0.1) is 11.3 Å². The molecule has 0 atom stereocenters. The Morgan fingerprint density at radius 2 is 2.20 bits per heavy atom. The zero-order valence-corrected chi connectivity index (χ0v) is 12.9. The molecule has 3 aromatic heterocycles. The second-order valence-electron chi connectivity index (χ2n) is 4.74. The van der Waals surface area contributed by atoms with Gasteiger partial charge in [0.1, 0.15) is 4.83 Å². The van der Waals surface area contributed by atoms with E-state index in [0.29, 0.717) is 22.5 Å². The van der Waals surface area contributed by atoms with Crippen molar-refractivity contribution in [2.45, 2.75) is 27.3 Å². The summed E-state index contributed by atoms with van der Waals surface area (Å²) in [5, 5.41) is 4.53. The molecule has 0 unspecified atom stereocenters. The molecular formula is C13H13N3O2S2. The van der Waals surface area contributed by atoms with Crippen molar-refractivity contribution >= 4 is 33.8 Å². The highest BCUT2D eigenvalue weighted by atomic mass is 32.1. The normalized spacial score (nSPS) is 11.3. The number of hydrogen-bond donors (Lipinski definition) is 1. The van der Waals surface area contributed by atoms with Crippen LogP contribution in [0.3, 0.4) is 0 Å². The molecule has 0 spiro atoms. The highest BCUT2D eigenvalue weighted by molar-refractivity contribution is 7.71. The van der Waals surface area contributed by atoms with Gasteiger partial charge in [0.15, 0.2) is 10.5 Å². The molecule has 3 rings (SSSR count). The molecular weight excluding hydrogens is 294 g/mol. The van der Waals surface area contributed by atoms with E-state index in [0.717, 1.165) is 21.0 Å². The van der Waals surface area contributed by atoms with Crippen molar-refractivity contribution in [1.29, 1.82) is 0 Å². The molecule has 20 heavy (non-hydrogen) atoms. The molecule has 104 valence electrons. The number of nitrogens with one attached hydrogen (secondary N) is 1. The van der Waals surface area contributed by atoms with Gasteiger partial charge in [0.25, 0.3) is 5.56 Å². The topological polar surface area (TPSA) is 63.8 Å². The number of aryl methyl sites for hydroxylation is 3. The third-order valence-corrected chi connectivity index (χ3v) is 4.75. The van der Waals surface area contributed by atoms with Gasteiger partial charge in [-0.1, -0.05) is 5.16 Å². The molecule has 0 aliphatic rings. The SMILES string of the molecule is Cc1cc(Cn2c(=S)[nH]c3sc(C)c(C)c3c2=O)on1. The molecule has 0 fully saturated rings. The van der Waals surface area contributed by atoms with Crippen LogP contribution in [0, 0.1) is 25.5 Å². The number of aromatic amines is 1. The van der Waals surface area contributed by atoms with E-state index in [1.165, 1.54) is 4.57 Å². The summed E-state index contributed by atoms with van der Waals surface area (Å²) in [7, 11) is 0. The summed E-state index contributed by atoms with van der Waals surface area (Å²) < 4.78 is 7.07. The highest BCUT2D eigenvalue weighted by Gasteiger charge is 2.14. The number of fused-ring (bicyclic) bond motifs is 1. The molecule has 0 aliphatic heterocycles. The molecule has 7 heteroatoms. The van der Waals surface area contributed by atoms with Crippen LogP contribution in [0.25, 0.3) is 10.2 Å². The van der Waals surface area contributed by atoms with Crippen LogP contribution in [-0.2, 0) is 6.54 Å². The van der Waals surface area contributed by atoms with Gasteiger partial charge < -0.3 is 9.51 Å². The first-order chi connectivity index (χ1) is 9.47. The molecule has 0 aliphatic carbocycles. The second-order valence-corrected chi connectivity index (χ2v) is 6.35. The van der Waals surface area contributed by atoms with Gasteiger partial charge in [-0.2, -0.15) is 0 Å². The number of H-pyrrole nitrogens is 1. The first kappa shape index (κ1) is 13.3. The summed E-state index contributed by atoms with van der Waals surface area (Å²) in [6.07, 6.45) is 0. The zero-order chi connectivity index (χ0) is 14.4. The summed E-state index contributed by atoms with van der Waals surface area (Å²) in [6, 6.07) is 1.80. The minimum atomic E-state index is -0.0837. The fraction of sp³-hybridized carbons (Fsp3) is 0.308. The van der Waals surface area contributed by atoms with Gasteiger partial charge >= 0.3 is 0 Å². The second kappa shape index (κ2) is 4.68. The van der Waals surface area contributed by atoms with E-state index >= 15 is 0 Å². The summed E-state index contributed by atoms with van der Waals surface area (Å²) in [5.74, 6) is 0.619. The van der Waals surface area contributed by atoms with E-state index in [1.807, 2.05) is 20.8 Å². The number of aromatic nitrogens is 3. The smallest absolute Gasteiger partial charge is 0.263 e. The molecule has 3 aromatic rings. The van der Waals surface area contributed by atoms with Crippen LogP contribution in [0.15, 0.2) is 15.4 Å². The Labute approximate surface area is 123 Å². The van der Waals surface area contributed by atoms with E-state index in [-0.39, 0.29) is 5.56 Å². The maximum atomic E-state index is 12.6. The lowest BCUT2D eigenvalue weighted by Gasteiger charge is -2.04. The molecule has 0 aromatic carbocycles. The van der Waals surface area contributed by atoms with Gasteiger partial charge in [-0.25, -0.2) is 0 Å². The van der Waals surface area contributed by atoms with E-state index in [4.69, 9.17) is 16.7 Å². The van der Waals surface area contributed by atoms with Gasteiger partial charge in [-0.3, -0.25) is 9.36 Å². The quantitative estimate of drug-likeness (QED) is 0.739. The van der Waals surface area contributed by atoms with Crippen molar-refractivity contribution in [1.82, 2.24) is 14.7 Å². The van der Waals surface area contributed by atoms with E-state index in [2.05, 4.69) is 10.1 Å². The lowest BCUT2D eigenvalue weighted by molar-refractivity contribution is 0.371. The van der Waals surface area contributed by atoms with Crippen LogP contribution in [0.4, 0.5) is 0 Å². The molecule has 3 heterocycles. The lowest BCUT2D eigenvalue weighted by Crippen LogP contribution is -2.22. The number of hydrogen-bond acceptors (Lipinski definition) is 5. The van der Waals surface area contributed by atoms with Crippen molar-refractivity contribution in [2.75, 3.05) is 0 Å². The van der Waals surface area contributed by atoms with Gasteiger partial charge in [-0.05, 0) is 38.6 Å². The van der Waals surface area contributed by atoms with Crippen LogP contribution in [0.2, 0.25) is 0 Å². The van der Waals surface area contributed by atoms with Gasteiger partial charge in [0, 0.05) is 10.9 Å². The Morgan fingerprint density at radius 1 is 1.45 bits per heavy atom. The number of rotatable bonds is 2. The van der Waals surface area contributed by atoms with Crippen molar-refractivity contribution < 1.29 is 4.52 Å². The van der Waals surface area contributed by atoms with E-state index in [1.54, 1.807) is 17.4 Å². The highest BCUT2D eigenvalue weighted by Crippen LogP contribution is 2.25.